The van der Waals surface area contributed by atoms with Crippen LogP contribution in [0, 0.1) is 17.2 Å². The zero-order valence-corrected chi connectivity index (χ0v) is 18.4. The molecule has 4 nitrogen and oxygen atoms in total. The van der Waals surface area contributed by atoms with Crippen LogP contribution in [-0.4, -0.2) is 54.1 Å². The third kappa shape index (κ3) is 1.82. The fourth-order valence-electron chi connectivity index (χ4n) is 8.42. The zero-order valence-electron chi connectivity index (χ0n) is 18.4. The monoisotopic (exact) mass is 412 g/mol. The van der Waals surface area contributed by atoms with Crippen molar-refractivity contribution in [3.63, 3.8) is 0 Å². The van der Waals surface area contributed by atoms with Crippen LogP contribution >= 0.6 is 0 Å². The lowest BCUT2D eigenvalue weighted by Gasteiger charge is -2.72. The predicted molar refractivity (Wildman–Crippen MR) is 112 cm³/mol. The Morgan fingerprint density at radius 2 is 2.17 bits per heavy atom. The molecule has 2 fully saturated rings. The molecule has 0 aromatic heterocycles. The van der Waals surface area contributed by atoms with Crippen molar-refractivity contribution < 1.29 is 19.0 Å². The van der Waals surface area contributed by atoms with Gasteiger partial charge in [-0.15, -0.1) is 0 Å². The number of hydrogen-bond acceptors (Lipinski definition) is 4. The quantitative estimate of drug-likeness (QED) is 0.768. The number of hydrogen-bond donors (Lipinski definition) is 1. The van der Waals surface area contributed by atoms with Crippen molar-refractivity contribution in [2.45, 2.75) is 74.7 Å². The van der Waals surface area contributed by atoms with Crippen molar-refractivity contribution in [1.29, 1.82) is 0 Å². The maximum atomic E-state index is 15.1. The predicted octanol–water partition coefficient (Wildman–Crippen LogP) is 3.60. The highest BCUT2D eigenvalue weighted by Gasteiger charge is 2.80. The van der Waals surface area contributed by atoms with Crippen molar-refractivity contribution in [3.05, 3.63) is 41.2 Å². The van der Waals surface area contributed by atoms with Gasteiger partial charge in [-0.05, 0) is 57.8 Å². The van der Waals surface area contributed by atoms with Crippen LogP contribution in [0.15, 0.2) is 24.3 Å². The first kappa shape index (κ1) is 19.3. The molecule has 0 unspecified atom stereocenters. The van der Waals surface area contributed by atoms with Gasteiger partial charge in [-0.25, -0.2) is 4.39 Å². The van der Waals surface area contributed by atoms with Crippen molar-refractivity contribution in [1.82, 2.24) is 4.90 Å². The molecule has 2 aliphatic heterocycles. The molecule has 1 saturated heterocycles. The van der Waals surface area contributed by atoms with Gasteiger partial charge in [-0.3, -0.25) is 0 Å². The SMILES string of the molecule is CCC[C@@](C)(O)[C@H]1C[C@@]23C=C[C@@]1(OC)[C@@H]1Oc4c([18F])ccc5c4[C@@]12CCN(C)[C@@H]3C5. The third-order valence-corrected chi connectivity index (χ3v) is 9.55. The van der Waals surface area contributed by atoms with Gasteiger partial charge >= 0.3 is 0 Å². The van der Waals surface area contributed by atoms with E-state index in [1.165, 1.54) is 5.56 Å². The van der Waals surface area contributed by atoms with Crippen molar-refractivity contribution in [2.24, 2.45) is 11.3 Å². The van der Waals surface area contributed by atoms with Crippen LogP contribution < -0.4 is 4.74 Å². The summed E-state index contributed by atoms with van der Waals surface area (Å²) in [4.78, 5) is 2.48. The molecule has 162 valence electrons. The number of piperidine rings is 1. The Labute approximate surface area is 178 Å². The number of rotatable bonds is 4. The van der Waals surface area contributed by atoms with Gasteiger partial charge in [0, 0.05) is 30.0 Å². The second kappa shape index (κ2) is 5.67. The summed E-state index contributed by atoms with van der Waals surface area (Å²) in [5, 5.41) is 11.6. The number of aliphatic hydroxyl groups is 1. The maximum absolute atomic E-state index is 15.1. The number of methoxy groups -OCH3 is 1. The summed E-state index contributed by atoms with van der Waals surface area (Å²) >= 11 is 0. The molecule has 4 aliphatic carbocycles. The molecule has 0 radical (unpaired) electrons. The first-order chi connectivity index (χ1) is 14.3. The normalized spacial score (nSPS) is 44.5. The number of nitrogens with zero attached hydrogens (tertiary/aromatic N) is 1. The fourth-order valence-corrected chi connectivity index (χ4v) is 8.42. The second-order valence-electron chi connectivity index (χ2n) is 10.6. The average molecular weight is 413 g/mol. The van der Waals surface area contributed by atoms with E-state index in [2.05, 4.69) is 31.0 Å². The van der Waals surface area contributed by atoms with E-state index in [1.54, 1.807) is 13.2 Å². The molecule has 2 heterocycles. The number of likely N-dealkylation sites (N-methyl/N-ethyl adjacent to an activating group) is 1. The van der Waals surface area contributed by atoms with Gasteiger partial charge in [0.1, 0.15) is 11.7 Å². The molecule has 5 heteroatoms. The Morgan fingerprint density at radius 3 is 2.90 bits per heavy atom. The number of ether oxygens (including phenoxy) is 2. The highest BCUT2D eigenvalue weighted by atomic mass is 18.2. The summed E-state index contributed by atoms with van der Waals surface area (Å²) in [6.45, 7) is 5.03. The molecule has 6 aliphatic rings. The number of benzene rings is 1. The molecule has 7 atom stereocenters. The molecule has 1 N–H and O–H groups in total. The van der Waals surface area contributed by atoms with Crippen LogP contribution in [0.4, 0.5) is 4.39 Å². The van der Waals surface area contributed by atoms with E-state index in [4.69, 9.17) is 9.47 Å². The largest absolute Gasteiger partial charge is 0.483 e. The third-order valence-electron chi connectivity index (χ3n) is 9.55. The van der Waals surface area contributed by atoms with Crippen LogP contribution in [0.2, 0.25) is 0 Å². The summed E-state index contributed by atoms with van der Waals surface area (Å²) in [6.07, 6.45) is 8.50. The Bertz CT molecular complexity index is 960. The molecule has 1 saturated carbocycles. The number of fused-ring (bicyclic) bond motifs is 1. The summed E-state index contributed by atoms with van der Waals surface area (Å²) in [5.41, 5.74) is 0.198. The maximum Gasteiger partial charge on any atom is 0.165 e. The molecule has 1 aromatic carbocycles. The summed E-state index contributed by atoms with van der Waals surface area (Å²) in [6, 6.07) is 3.85. The smallest absolute Gasteiger partial charge is 0.165 e. The molecular formula is C25H32FNO3. The van der Waals surface area contributed by atoms with Gasteiger partial charge in [-0.1, -0.05) is 31.6 Å². The van der Waals surface area contributed by atoms with E-state index in [1.807, 2.05) is 13.0 Å². The molecule has 7 rings (SSSR count). The van der Waals surface area contributed by atoms with E-state index in [0.717, 1.165) is 37.8 Å². The van der Waals surface area contributed by atoms with Crippen LogP contribution in [0.25, 0.3) is 0 Å². The first-order valence-electron chi connectivity index (χ1n) is 11.4. The summed E-state index contributed by atoms with van der Waals surface area (Å²) < 4.78 is 28.0. The Morgan fingerprint density at radius 1 is 1.37 bits per heavy atom. The summed E-state index contributed by atoms with van der Waals surface area (Å²) in [5.74, 6) is 0.0596. The Balaban J connectivity index is 1.66. The first-order valence-corrected chi connectivity index (χ1v) is 11.4. The second-order valence-corrected chi connectivity index (χ2v) is 10.6. The van der Waals surface area contributed by atoms with Crippen molar-refractivity contribution >= 4 is 0 Å². The molecule has 0 amide bonds. The standard InChI is InChI=1S/C25H32FNO3/c1-5-8-22(2,28)17-14-23-9-10-25(17,29-4)21-24(23)11-12-27(3)18(23)13-15-6-7-16(26)20(30-21)19(15)24/h6-7,9-10,17-18,21,28H,5,8,11-14H2,1-4H3/t17-,18-,21-,22-,23-,24+,25+/m1/s1/i26-1. The van der Waals surface area contributed by atoms with E-state index >= 15 is 4.39 Å². The fraction of sp³-hybridized carbons (Fsp3) is 0.680. The molecule has 30 heavy (non-hydrogen) atoms. The van der Waals surface area contributed by atoms with E-state index in [9.17, 15) is 5.11 Å². The van der Waals surface area contributed by atoms with Gasteiger partial charge in [-0.2, -0.15) is 0 Å². The highest BCUT2D eigenvalue weighted by molar-refractivity contribution is 5.61. The molecule has 1 aromatic rings. The minimum Gasteiger partial charge on any atom is -0.483 e. The number of halogens is 1. The van der Waals surface area contributed by atoms with E-state index < -0.39 is 11.2 Å². The topological polar surface area (TPSA) is 41.9 Å². The average Bonchev–Trinajstić information content (AvgIpc) is 3.09. The minimum absolute atomic E-state index is 0.106. The Kier molecular flexibility index (Phi) is 3.64. The van der Waals surface area contributed by atoms with Crippen LogP contribution in [0.1, 0.15) is 50.7 Å². The lowest BCUT2D eigenvalue weighted by atomic mass is 9.36. The Hall–Kier alpha value is -1.43. The van der Waals surface area contributed by atoms with Gasteiger partial charge in [0.05, 0.1) is 11.0 Å². The molecule has 2 spiro atoms. The van der Waals surface area contributed by atoms with Crippen LogP contribution in [0.3, 0.4) is 0 Å². The lowest BCUT2D eigenvalue weighted by molar-refractivity contribution is -0.247. The molecule has 4 bridgehead atoms. The highest BCUT2D eigenvalue weighted by Crippen LogP contribution is 2.74. The van der Waals surface area contributed by atoms with Gasteiger partial charge in [0.25, 0.3) is 0 Å². The number of likely N-dealkylation sites (tertiary alicyclic amines) is 1. The van der Waals surface area contributed by atoms with Crippen LogP contribution in [0.5, 0.6) is 5.75 Å². The van der Waals surface area contributed by atoms with Gasteiger partial charge < -0.3 is 19.5 Å². The summed E-state index contributed by atoms with van der Waals surface area (Å²) in [7, 11) is 3.94. The minimum atomic E-state index is -0.881. The van der Waals surface area contributed by atoms with Crippen LogP contribution in [-0.2, 0) is 16.6 Å². The van der Waals surface area contributed by atoms with Crippen molar-refractivity contribution in [2.75, 3.05) is 20.7 Å². The lowest BCUT2D eigenvalue weighted by Crippen LogP contribution is -2.80. The zero-order chi connectivity index (χ0) is 21.1. The van der Waals surface area contributed by atoms with Gasteiger partial charge in [0.15, 0.2) is 11.6 Å². The van der Waals surface area contributed by atoms with E-state index in [-0.39, 0.29) is 28.7 Å². The van der Waals surface area contributed by atoms with E-state index in [0.29, 0.717) is 18.2 Å². The van der Waals surface area contributed by atoms with Crippen molar-refractivity contribution in [3.8, 4) is 5.75 Å². The molecular weight excluding hydrogens is 380 g/mol. The van der Waals surface area contributed by atoms with Gasteiger partial charge in [0.2, 0.25) is 0 Å².